The highest BCUT2D eigenvalue weighted by Crippen LogP contribution is 2.30. The van der Waals surface area contributed by atoms with Gasteiger partial charge in [0.1, 0.15) is 0 Å². The van der Waals surface area contributed by atoms with E-state index in [9.17, 15) is 0 Å². The number of rotatable bonds is 18. The average molecular weight is 343 g/mol. The van der Waals surface area contributed by atoms with Gasteiger partial charge in [0.15, 0.2) is 0 Å². The van der Waals surface area contributed by atoms with E-state index in [-0.39, 0.29) is 0 Å². The smallest absolute Gasteiger partial charge is 0.00472 e. The first-order valence-corrected chi connectivity index (χ1v) is 11.9. The van der Waals surface area contributed by atoms with Crippen molar-refractivity contribution in [1.29, 1.82) is 0 Å². The third-order valence-corrected chi connectivity index (χ3v) is 6.96. The van der Waals surface area contributed by atoms with Crippen LogP contribution in [-0.4, -0.2) is 10.5 Å². The lowest BCUT2D eigenvalue weighted by molar-refractivity contribution is 0.567. The van der Waals surface area contributed by atoms with E-state index in [0.717, 1.165) is 10.5 Å². The second kappa shape index (κ2) is 18.7. The van der Waals surface area contributed by atoms with E-state index < -0.39 is 0 Å². The van der Waals surface area contributed by atoms with Crippen molar-refractivity contribution in [3.8, 4) is 0 Å². The molecule has 2 atom stereocenters. The largest absolute Gasteiger partial charge is 0.155 e. The Morgan fingerprint density at radius 3 is 1.17 bits per heavy atom. The quantitative estimate of drug-likeness (QED) is 0.224. The molecule has 0 radical (unpaired) electrons. The number of hydrogen-bond acceptors (Lipinski definition) is 1. The summed E-state index contributed by atoms with van der Waals surface area (Å²) < 4.78 is 0. The highest BCUT2D eigenvalue weighted by molar-refractivity contribution is 8.00. The van der Waals surface area contributed by atoms with Gasteiger partial charge in [0.25, 0.3) is 0 Å². The maximum Gasteiger partial charge on any atom is 0.00472 e. The van der Waals surface area contributed by atoms with Gasteiger partial charge in [0.05, 0.1) is 0 Å². The zero-order chi connectivity index (χ0) is 17.2. The lowest BCUT2D eigenvalue weighted by Crippen LogP contribution is -2.10. The van der Waals surface area contributed by atoms with Gasteiger partial charge in [0.2, 0.25) is 0 Å². The molecule has 0 aromatic carbocycles. The summed E-state index contributed by atoms with van der Waals surface area (Å²) in [5, 5.41) is 1.84. The number of unbranched alkanes of at least 4 members (excludes halogenated alkanes) is 10. The van der Waals surface area contributed by atoms with E-state index in [2.05, 4.69) is 39.5 Å². The maximum absolute atomic E-state index is 2.40. The molecule has 0 aromatic rings. The van der Waals surface area contributed by atoms with E-state index in [1.807, 2.05) is 0 Å². The van der Waals surface area contributed by atoms with Crippen molar-refractivity contribution in [2.45, 2.75) is 141 Å². The molecule has 0 rings (SSSR count). The zero-order valence-electron chi connectivity index (χ0n) is 16.9. The number of hydrogen-bond donors (Lipinski definition) is 0. The monoisotopic (exact) mass is 342 g/mol. The highest BCUT2D eigenvalue weighted by atomic mass is 32.2. The molecule has 0 N–H and O–H groups in total. The van der Waals surface area contributed by atoms with Crippen molar-refractivity contribution in [3.05, 3.63) is 0 Å². The molecule has 0 spiro atoms. The predicted octanol–water partition coefficient (Wildman–Crippen LogP) is 8.78. The molecule has 23 heavy (non-hydrogen) atoms. The summed E-state index contributed by atoms with van der Waals surface area (Å²) in [5.74, 6) is 0. The van der Waals surface area contributed by atoms with Gasteiger partial charge < -0.3 is 0 Å². The third-order valence-electron chi connectivity index (χ3n) is 5.05. The standard InChI is InChI=1S/C22H46S/c1-5-9-11-13-15-17-19-21(7-3)23-22(8-4)20-18-16-14-12-10-6-2/h21-22H,5-20H2,1-4H3. The Hall–Kier alpha value is 0.350. The molecule has 0 aliphatic carbocycles. The minimum Gasteiger partial charge on any atom is -0.155 e. The van der Waals surface area contributed by atoms with Gasteiger partial charge >= 0.3 is 0 Å². The first-order valence-electron chi connectivity index (χ1n) is 10.9. The van der Waals surface area contributed by atoms with Gasteiger partial charge in [-0.2, -0.15) is 11.8 Å². The van der Waals surface area contributed by atoms with Crippen LogP contribution in [0.2, 0.25) is 0 Å². The van der Waals surface area contributed by atoms with Gasteiger partial charge in [-0.25, -0.2) is 0 Å². The van der Waals surface area contributed by atoms with Crippen LogP contribution in [0, 0.1) is 0 Å². The summed E-state index contributed by atoms with van der Waals surface area (Å²) in [5.41, 5.74) is 0. The van der Waals surface area contributed by atoms with Crippen molar-refractivity contribution in [3.63, 3.8) is 0 Å². The predicted molar refractivity (Wildman–Crippen MR) is 112 cm³/mol. The molecule has 140 valence electrons. The van der Waals surface area contributed by atoms with Crippen LogP contribution in [0.5, 0.6) is 0 Å². The fourth-order valence-electron chi connectivity index (χ4n) is 3.31. The molecule has 0 saturated heterocycles. The molecule has 0 saturated carbocycles. The molecule has 0 heterocycles. The molecular formula is C22H46S. The van der Waals surface area contributed by atoms with E-state index in [1.165, 1.54) is 103 Å². The molecular weight excluding hydrogens is 296 g/mol. The Kier molecular flexibility index (Phi) is 19.0. The van der Waals surface area contributed by atoms with Crippen molar-refractivity contribution >= 4 is 11.8 Å². The van der Waals surface area contributed by atoms with Crippen LogP contribution >= 0.6 is 11.8 Å². The van der Waals surface area contributed by atoms with E-state index >= 15 is 0 Å². The fraction of sp³-hybridized carbons (Fsp3) is 1.00. The summed E-state index contributed by atoms with van der Waals surface area (Å²) in [6.45, 7) is 9.40. The first kappa shape index (κ1) is 23.4. The van der Waals surface area contributed by atoms with Gasteiger partial charge in [-0.05, 0) is 25.7 Å². The molecule has 0 bridgehead atoms. The normalized spacial score (nSPS) is 14.1. The number of thioether (sulfide) groups is 1. The van der Waals surface area contributed by atoms with E-state index in [4.69, 9.17) is 0 Å². The van der Waals surface area contributed by atoms with Crippen LogP contribution < -0.4 is 0 Å². The summed E-state index contributed by atoms with van der Waals surface area (Å²) in [6, 6.07) is 0. The molecule has 1 heteroatoms. The van der Waals surface area contributed by atoms with Crippen LogP contribution in [-0.2, 0) is 0 Å². The second-order valence-electron chi connectivity index (χ2n) is 7.31. The molecule has 0 amide bonds. The van der Waals surface area contributed by atoms with Crippen LogP contribution in [0.25, 0.3) is 0 Å². The molecule has 0 aromatic heterocycles. The Labute approximate surface area is 153 Å². The third kappa shape index (κ3) is 15.6. The van der Waals surface area contributed by atoms with Crippen LogP contribution in [0.15, 0.2) is 0 Å². The minimum atomic E-state index is 0.922. The Morgan fingerprint density at radius 2 is 0.826 bits per heavy atom. The molecule has 2 unspecified atom stereocenters. The zero-order valence-corrected chi connectivity index (χ0v) is 17.7. The lowest BCUT2D eigenvalue weighted by Gasteiger charge is -2.21. The molecule has 0 fully saturated rings. The van der Waals surface area contributed by atoms with Crippen LogP contribution in [0.1, 0.15) is 130 Å². The van der Waals surface area contributed by atoms with Crippen LogP contribution in [0.4, 0.5) is 0 Å². The lowest BCUT2D eigenvalue weighted by atomic mass is 10.1. The summed E-state index contributed by atoms with van der Waals surface area (Å²) in [4.78, 5) is 0. The van der Waals surface area contributed by atoms with Gasteiger partial charge in [-0.3, -0.25) is 0 Å². The van der Waals surface area contributed by atoms with E-state index in [0.29, 0.717) is 0 Å². The van der Waals surface area contributed by atoms with Crippen LogP contribution in [0.3, 0.4) is 0 Å². The fourth-order valence-corrected chi connectivity index (χ4v) is 4.85. The minimum absolute atomic E-state index is 0.922. The van der Waals surface area contributed by atoms with Crippen molar-refractivity contribution in [1.82, 2.24) is 0 Å². The average Bonchev–Trinajstić information content (AvgIpc) is 2.58. The Balaban J connectivity index is 3.70. The summed E-state index contributed by atoms with van der Waals surface area (Å²) in [7, 11) is 0. The maximum atomic E-state index is 2.40. The summed E-state index contributed by atoms with van der Waals surface area (Å²) >= 11 is 2.33. The molecule has 0 aliphatic heterocycles. The first-order chi connectivity index (χ1) is 11.3. The van der Waals surface area contributed by atoms with Gasteiger partial charge in [0, 0.05) is 10.5 Å². The van der Waals surface area contributed by atoms with Crippen molar-refractivity contribution < 1.29 is 0 Å². The molecule has 0 aliphatic rings. The molecule has 0 nitrogen and oxygen atoms in total. The summed E-state index contributed by atoms with van der Waals surface area (Å²) in [6.07, 6.45) is 22.9. The Morgan fingerprint density at radius 1 is 0.478 bits per heavy atom. The Bertz CT molecular complexity index is 192. The SMILES string of the molecule is CCCCCCCCC(CC)SC(CC)CCCCCCCC. The van der Waals surface area contributed by atoms with Gasteiger partial charge in [-0.15, -0.1) is 0 Å². The topological polar surface area (TPSA) is 0 Å². The second-order valence-corrected chi connectivity index (χ2v) is 8.91. The van der Waals surface area contributed by atoms with Gasteiger partial charge in [-0.1, -0.05) is 105 Å². The van der Waals surface area contributed by atoms with Crippen molar-refractivity contribution in [2.24, 2.45) is 0 Å². The highest BCUT2D eigenvalue weighted by Gasteiger charge is 2.14. The van der Waals surface area contributed by atoms with E-state index in [1.54, 1.807) is 0 Å². The van der Waals surface area contributed by atoms with Crippen molar-refractivity contribution in [2.75, 3.05) is 0 Å².